The zero-order valence-corrected chi connectivity index (χ0v) is 13.3. The molecular weight excluding hydrogens is 287 g/mol. The quantitative estimate of drug-likeness (QED) is 0.779. The van der Waals surface area contributed by atoms with Gasteiger partial charge in [-0.2, -0.15) is 0 Å². The molecule has 21 heavy (non-hydrogen) atoms. The molecule has 0 aliphatic carbocycles. The molecule has 0 saturated carbocycles. The van der Waals surface area contributed by atoms with Crippen molar-refractivity contribution < 1.29 is 4.39 Å². The van der Waals surface area contributed by atoms with Gasteiger partial charge in [0.1, 0.15) is 5.82 Å². The Bertz CT molecular complexity index is 574. The fraction of sp³-hybridized carbons (Fsp3) is 0.412. The second-order valence-electron chi connectivity index (χ2n) is 5.23. The summed E-state index contributed by atoms with van der Waals surface area (Å²) in [6.45, 7) is 5.74. The van der Waals surface area contributed by atoms with Crippen molar-refractivity contribution in [2.45, 2.75) is 39.3 Å². The van der Waals surface area contributed by atoms with E-state index in [4.69, 9.17) is 11.6 Å². The smallest absolute Gasteiger partial charge is 0.146 e. The molecule has 0 saturated heterocycles. The molecular formula is C17H22ClFN2. The van der Waals surface area contributed by atoms with Crippen LogP contribution in [0.2, 0.25) is 5.02 Å². The van der Waals surface area contributed by atoms with E-state index in [2.05, 4.69) is 31.4 Å². The lowest BCUT2D eigenvalue weighted by Gasteiger charge is -2.15. The predicted molar refractivity (Wildman–Crippen MR) is 86.3 cm³/mol. The van der Waals surface area contributed by atoms with Gasteiger partial charge in [-0.15, -0.1) is 0 Å². The summed E-state index contributed by atoms with van der Waals surface area (Å²) in [4.78, 5) is 0. The van der Waals surface area contributed by atoms with E-state index in [0.717, 1.165) is 19.4 Å². The summed E-state index contributed by atoms with van der Waals surface area (Å²) in [7, 11) is 0. The average Bonchev–Trinajstić information content (AvgIpc) is 2.92. The molecule has 2 aromatic rings. The van der Waals surface area contributed by atoms with Crippen LogP contribution in [-0.4, -0.2) is 11.1 Å². The van der Waals surface area contributed by atoms with Gasteiger partial charge < -0.3 is 9.88 Å². The van der Waals surface area contributed by atoms with Gasteiger partial charge in [-0.3, -0.25) is 0 Å². The van der Waals surface area contributed by atoms with Crippen molar-refractivity contribution in [3.63, 3.8) is 0 Å². The molecule has 0 aliphatic rings. The third kappa shape index (κ3) is 4.08. The molecule has 4 heteroatoms. The Labute approximate surface area is 130 Å². The number of hydrogen-bond donors (Lipinski definition) is 1. The van der Waals surface area contributed by atoms with Crippen LogP contribution in [-0.2, 0) is 6.54 Å². The average molecular weight is 309 g/mol. The normalized spacial score (nSPS) is 12.6. The van der Waals surface area contributed by atoms with Crippen molar-refractivity contribution in [1.29, 1.82) is 0 Å². The minimum absolute atomic E-state index is 0.177. The Morgan fingerprint density at radius 1 is 1.29 bits per heavy atom. The van der Waals surface area contributed by atoms with Crippen LogP contribution in [0, 0.1) is 5.82 Å². The molecule has 0 spiro atoms. The van der Waals surface area contributed by atoms with Crippen molar-refractivity contribution >= 4 is 11.6 Å². The Hall–Kier alpha value is -1.32. The van der Waals surface area contributed by atoms with Gasteiger partial charge in [0.2, 0.25) is 0 Å². The number of hydrogen-bond acceptors (Lipinski definition) is 1. The largest absolute Gasteiger partial charge is 0.349 e. The van der Waals surface area contributed by atoms with Crippen LogP contribution >= 0.6 is 11.6 Å². The van der Waals surface area contributed by atoms with E-state index in [1.807, 2.05) is 10.8 Å². The van der Waals surface area contributed by atoms with E-state index in [0.29, 0.717) is 18.2 Å². The summed E-state index contributed by atoms with van der Waals surface area (Å²) < 4.78 is 15.9. The fourth-order valence-electron chi connectivity index (χ4n) is 2.55. The third-order valence-electron chi connectivity index (χ3n) is 3.59. The molecule has 0 fully saturated rings. The summed E-state index contributed by atoms with van der Waals surface area (Å²) in [6, 6.07) is 7.60. The maximum Gasteiger partial charge on any atom is 0.146 e. The van der Waals surface area contributed by atoms with Crippen molar-refractivity contribution in [2.24, 2.45) is 0 Å². The minimum atomic E-state index is -0.328. The highest BCUT2D eigenvalue weighted by molar-refractivity contribution is 6.30. The van der Waals surface area contributed by atoms with Gasteiger partial charge in [0, 0.05) is 30.5 Å². The number of nitrogens with zero attached hydrogens (tertiary/aromatic N) is 1. The molecule has 1 N–H and O–H groups in total. The lowest BCUT2D eigenvalue weighted by molar-refractivity contribution is 0.508. The summed E-state index contributed by atoms with van der Waals surface area (Å²) in [5.74, 6) is -0.328. The predicted octanol–water partition coefficient (Wildman–Crippen LogP) is 4.78. The van der Waals surface area contributed by atoms with Crippen LogP contribution in [0.25, 0.3) is 0 Å². The zero-order chi connectivity index (χ0) is 15.2. The molecule has 0 bridgehead atoms. The SMILES string of the molecule is CCCC(NCC)c1ccn(Cc2cccc(Cl)c2F)c1. The van der Waals surface area contributed by atoms with Crippen LogP contribution < -0.4 is 5.32 Å². The highest BCUT2D eigenvalue weighted by Gasteiger charge is 2.12. The Kier molecular flexibility index (Phi) is 5.83. The second-order valence-corrected chi connectivity index (χ2v) is 5.64. The minimum Gasteiger partial charge on any atom is -0.349 e. The molecule has 0 amide bonds. The van der Waals surface area contributed by atoms with Crippen molar-refractivity contribution in [3.8, 4) is 0 Å². The Morgan fingerprint density at radius 2 is 2.10 bits per heavy atom. The van der Waals surface area contributed by atoms with Crippen LogP contribution in [0.4, 0.5) is 4.39 Å². The number of rotatable bonds is 7. The van der Waals surface area contributed by atoms with Gasteiger partial charge in [0.15, 0.2) is 0 Å². The summed E-state index contributed by atoms with van der Waals surface area (Å²) in [5.41, 5.74) is 1.86. The van der Waals surface area contributed by atoms with Gasteiger partial charge in [-0.1, -0.05) is 44.0 Å². The standard InChI is InChI=1S/C17H22ClFN2/c1-3-6-16(20-4-2)13-9-10-21(11-13)12-14-7-5-8-15(18)17(14)19/h5,7-11,16,20H,3-4,6,12H2,1-2H3. The highest BCUT2D eigenvalue weighted by Crippen LogP contribution is 2.21. The molecule has 2 nitrogen and oxygen atoms in total. The molecule has 0 aliphatic heterocycles. The lowest BCUT2D eigenvalue weighted by Crippen LogP contribution is -2.20. The van der Waals surface area contributed by atoms with E-state index < -0.39 is 0 Å². The highest BCUT2D eigenvalue weighted by atomic mass is 35.5. The number of benzene rings is 1. The monoisotopic (exact) mass is 308 g/mol. The van der Waals surface area contributed by atoms with Crippen LogP contribution in [0.5, 0.6) is 0 Å². The third-order valence-corrected chi connectivity index (χ3v) is 3.88. The first kappa shape index (κ1) is 16.1. The van der Waals surface area contributed by atoms with Crippen molar-refractivity contribution in [1.82, 2.24) is 9.88 Å². The molecule has 1 aromatic heterocycles. The van der Waals surface area contributed by atoms with E-state index in [1.165, 1.54) is 5.56 Å². The molecule has 1 atom stereocenters. The summed E-state index contributed by atoms with van der Waals surface area (Å²) in [5, 5.41) is 3.67. The van der Waals surface area contributed by atoms with Crippen molar-refractivity contribution in [3.05, 3.63) is 58.6 Å². The topological polar surface area (TPSA) is 17.0 Å². The maximum atomic E-state index is 13.9. The molecule has 1 heterocycles. The van der Waals surface area contributed by atoms with E-state index in [-0.39, 0.29) is 10.8 Å². The molecule has 114 valence electrons. The van der Waals surface area contributed by atoms with Gasteiger partial charge in [0.25, 0.3) is 0 Å². The lowest BCUT2D eigenvalue weighted by atomic mass is 10.1. The van der Waals surface area contributed by atoms with Gasteiger partial charge in [-0.25, -0.2) is 4.39 Å². The van der Waals surface area contributed by atoms with E-state index in [1.54, 1.807) is 18.2 Å². The summed E-state index contributed by atoms with van der Waals surface area (Å²) >= 11 is 5.82. The molecule has 1 aromatic carbocycles. The van der Waals surface area contributed by atoms with Gasteiger partial charge >= 0.3 is 0 Å². The number of nitrogens with one attached hydrogen (secondary N) is 1. The molecule has 1 unspecified atom stereocenters. The van der Waals surface area contributed by atoms with E-state index >= 15 is 0 Å². The van der Waals surface area contributed by atoms with Gasteiger partial charge in [0.05, 0.1) is 5.02 Å². The number of aromatic nitrogens is 1. The second kappa shape index (κ2) is 7.62. The van der Waals surface area contributed by atoms with Crippen LogP contribution in [0.15, 0.2) is 36.7 Å². The van der Waals surface area contributed by atoms with E-state index in [9.17, 15) is 4.39 Å². The van der Waals surface area contributed by atoms with Crippen molar-refractivity contribution in [2.75, 3.05) is 6.54 Å². The Balaban J connectivity index is 2.14. The van der Waals surface area contributed by atoms with Crippen LogP contribution in [0.3, 0.4) is 0 Å². The number of halogens is 2. The first-order chi connectivity index (χ1) is 10.2. The van der Waals surface area contributed by atoms with Crippen LogP contribution in [0.1, 0.15) is 43.9 Å². The molecule has 2 rings (SSSR count). The Morgan fingerprint density at radius 3 is 2.81 bits per heavy atom. The first-order valence-corrected chi connectivity index (χ1v) is 7.85. The summed E-state index contributed by atoms with van der Waals surface area (Å²) in [6.07, 6.45) is 6.31. The first-order valence-electron chi connectivity index (χ1n) is 7.47. The fourth-order valence-corrected chi connectivity index (χ4v) is 2.75. The maximum absolute atomic E-state index is 13.9. The zero-order valence-electron chi connectivity index (χ0n) is 12.6. The van der Waals surface area contributed by atoms with Gasteiger partial charge in [-0.05, 0) is 30.7 Å². The molecule has 0 radical (unpaired) electrons.